The Kier molecular flexibility index (Phi) is 5.16. The van der Waals surface area contributed by atoms with Crippen LogP contribution in [0.25, 0.3) is 0 Å². The van der Waals surface area contributed by atoms with Gasteiger partial charge in [0.2, 0.25) is 5.88 Å². The molecule has 0 bridgehead atoms. The molecule has 1 atom stereocenters. The first-order valence-corrected chi connectivity index (χ1v) is 8.64. The summed E-state index contributed by atoms with van der Waals surface area (Å²) in [6, 6.07) is 12.2. The molecule has 1 aromatic carbocycles. The van der Waals surface area contributed by atoms with E-state index in [9.17, 15) is 0 Å². The number of methoxy groups -OCH3 is 1. The van der Waals surface area contributed by atoms with Crippen molar-refractivity contribution in [3.05, 3.63) is 57.7 Å². The van der Waals surface area contributed by atoms with Crippen molar-refractivity contribution in [3.8, 4) is 5.88 Å². The number of ether oxygens (including phenoxy) is 1. The van der Waals surface area contributed by atoms with Crippen molar-refractivity contribution in [2.24, 2.45) is 4.99 Å². The van der Waals surface area contributed by atoms with E-state index in [-0.39, 0.29) is 6.04 Å². The lowest BCUT2D eigenvalue weighted by atomic mass is 9.99. The normalized spacial score (nSPS) is 17.4. The number of pyridine rings is 1. The predicted molar refractivity (Wildman–Crippen MR) is 97.4 cm³/mol. The number of hydrogen-bond donors (Lipinski definition) is 1. The minimum atomic E-state index is -0.0566. The molecule has 1 N–H and O–H groups in total. The third-order valence-electron chi connectivity index (χ3n) is 3.93. The Labute approximate surface area is 150 Å². The van der Waals surface area contributed by atoms with Crippen LogP contribution in [0.5, 0.6) is 5.88 Å². The first-order valence-electron chi connectivity index (χ1n) is 7.85. The van der Waals surface area contributed by atoms with Crippen LogP contribution in [0.15, 0.2) is 45.9 Å². The maximum Gasteiger partial charge on any atom is 0.228 e. The van der Waals surface area contributed by atoms with E-state index < -0.39 is 0 Å². The molecule has 24 heavy (non-hydrogen) atoms. The summed E-state index contributed by atoms with van der Waals surface area (Å²) in [7, 11) is 1.59. The zero-order valence-corrected chi connectivity index (χ0v) is 15.5. The molecule has 126 valence electrons. The van der Waals surface area contributed by atoms with E-state index in [2.05, 4.69) is 64.5 Å². The lowest BCUT2D eigenvalue weighted by molar-refractivity contribution is 0.0620. The van der Waals surface area contributed by atoms with Gasteiger partial charge in [0.05, 0.1) is 11.6 Å². The van der Waals surface area contributed by atoms with Crippen molar-refractivity contribution >= 4 is 21.8 Å². The maximum absolute atomic E-state index is 5.51. The topological polar surface area (TPSA) is 55.7 Å². The first-order chi connectivity index (χ1) is 11.6. The average molecular weight is 390 g/mol. The van der Waals surface area contributed by atoms with E-state index in [1.165, 1.54) is 5.56 Å². The van der Waals surface area contributed by atoms with Gasteiger partial charge in [0.25, 0.3) is 0 Å². The minimum absolute atomic E-state index is 0.0566. The second kappa shape index (κ2) is 7.32. The summed E-state index contributed by atoms with van der Waals surface area (Å²) in [6.45, 7) is 4.86. The number of benzene rings is 1. The van der Waals surface area contributed by atoms with Gasteiger partial charge in [-0.15, -0.1) is 0 Å². The molecule has 1 aromatic heterocycles. The molecule has 2 heterocycles. The quantitative estimate of drug-likeness (QED) is 0.858. The summed E-state index contributed by atoms with van der Waals surface area (Å²) in [6.07, 6.45) is 0. The molecule has 1 aliphatic rings. The lowest BCUT2D eigenvalue weighted by Crippen LogP contribution is -2.33. The van der Waals surface area contributed by atoms with Gasteiger partial charge in [-0.2, -0.15) is 0 Å². The number of rotatable bonds is 4. The van der Waals surface area contributed by atoms with Crippen molar-refractivity contribution in [2.45, 2.75) is 25.8 Å². The van der Waals surface area contributed by atoms with Crippen LogP contribution in [-0.2, 0) is 4.84 Å². The van der Waals surface area contributed by atoms with Crippen LogP contribution in [0.3, 0.4) is 0 Å². The molecule has 3 rings (SSSR count). The highest BCUT2D eigenvalue weighted by molar-refractivity contribution is 9.10. The number of amidine groups is 1. The average Bonchev–Trinajstić information content (AvgIpc) is 2.62. The second-order valence-electron chi connectivity index (χ2n) is 5.92. The molecule has 0 aliphatic carbocycles. The second-order valence-corrected chi connectivity index (χ2v) is 6.77. The van der Waals surface area contributed by atoms with Crippen LogP contribution in [0.4, 0.5) is 0 Å². The molecule has 1 aliphatic heterocycles. The summed E-state index contributed by atoms with van der Waals surface area (Å²) in [4.78, 5) is 14.7. The lowest BCUT2D eigenvalue weighted by Gasteiger charge is -2.22. The third-order valence-corrected chi connectivity index (χ3v) is 4.54. The first kappa shape index (κ1) is 16.9. The van der Waals surface area contributed by atoms with Crippen molar-refractivity contribution < 1.29 is 9.57 Å². The smallest absolute Gasteiger partial charge is 0.228 e. The van der Waals surface area contributed by atoms with Gasteiger partial charge in [0.1, 0.15) is 18.3 Å². The van der Waals surface area contributed by atoms with E-state index >= 15 is 0 Å². The Morgan fingerprint density at radius 3 is 2.62 bits per heavy atom. The van der Waals surface area contributed by atoms with Crippen LogP contribution in [0.2, 0.25) is 0 Å². The van der Waals surface area contributed by atoms with Crippen LogP contribution in [0.1, 0.15) is 42.6 Å². The SMILES string of the molecule is COc1nc(C2=NC(c3ccc(C(C)C)cc3)CON2)ccc1Br. The molecule has 0 spiro atoms. The van der Waals surface area contributed by atoms with Gasteiger partial charge in [-0.1, -0.05) is 38.1 Å². The number of nitrogens with zero attached hydrogens (tertiary/aromatic N) is 2. The van der Waals surface area contributed by atoms with E-state index in [0.29, 0.717) is 29.9 Å². The third kappa shape index (κ3) is 3.60. The van der Waals surface area contributed by atoms with Gasteiger partial charge in [0, 0.05) is 0 Å². The summed E-state index contributed by atoms with van der Waals surface area (Å²) >= 11 is 3.40. The minimum Gasteiger partial charge on any atom is -0.480 e. The highest BCUT2D eigenvalue weighted by Gasteiger charge is 2.20. The van der Waals surface area contributed by atoms with Crippen molar-refractivity contribution in [1.29, 1.82) is 0 Å². The predicted octanol–water partition coefficient (Wildman–Crippen LogP) is 4.00. The molecule has 0 saturated carbocycles. The molecule has 0 amide bonds. The number of aliphatic imine (C=N–C) groups is 1. The Morgan fingerprint density at radius 2 is 1.96 bits per heavy atom. The van der Waals surface area contributed by atoms with Crippen molar-refractivity contribution in [2.75, 3.05) is 13.7 Å². The molecule has 0 saturated heterocycles. The molecule has 2 aromatic rings. The summed E-state index contributed by atoms with van der Waals surface area (Å²) < 4.78 is 6.04. The van der Waals surface area contributed by atoms with Crippen LogP contribution in [0, 0.1) is 0 Å². The number of halogens is 1. The number of aromatic nitrogens is 1. The van der Waals surface area contributed by atoms with E-state index in [4.69, 9.17) is 14.6 Å². The zero-order valence-electron chi connectivity index (χ0n) is 13.9. The monoisotopic (exact) mass is 389 g/mol. The molecule has 0 fully saturated rings. The Morgan fingerprint density at radius 1 is 1.21 bits per heavy atom. The Bertz CT molecular complexity index is 744. The Balaban J connectivity index is 1.87. The number of nitrogens with one attached hydrogen (secondary N) is 1. The number of hydrogen-bond acceptors (Lipinski definition) is 5. The van der Waals surface area contributed by atoms with Gasteiger partial charge in [0.15, 0.2) is 5.84 Å². The van der Waals surface area contributed by atoms with Crippen LogP contribution >= 0.6 is 15.9 Å². The molecule has 6 heteroatoms. The molecule has 5 nitrogen and oxygen atoms in total. The maximum atomic E-state index is 5.51. The van der Waals surface area contributed by atoms with E-state index in [1.807, 2.05) is 12.1 Å². The fourth-order valence-corrected chi connectivity index (χ4v) is 2.88. The van der Waals surface area contributed by atoms with Gasteiger partial charge < -0.3 is 4.74 Å². The van der Waals surface area contributed by atoms with Gasteiger partial charge >= 0.3 is 0 Å². The van der Waals surface area contributed by atoms with E-state index in [1.54, 1.807) is 7.11 Å². The zero-order chi connectivity index (χ0) is 17.1. The van der Waals surface area contributed by atoms with Crippen molar-refractivity contribution in [1.82, 2.24) is 10.5 Å². The summed E-state index contributed by atoms with van der Waals surface area (Å²) in [5.74, 6) is 1.63. The highest BCUT2D eigenvalue weighted by atomic mass is 79.9. The van der Waals surface area contributed by atoms with Crippen molar-refractivity contribution in [3.63, 3.8) is 0 Å². The molecular weight excluding hydrogens is 370 g/mol. The Hall–Kier alpha value is -1.92. The largest absolute Gasteiger partial charge is 0.480 e. The van der Waals surface area contributed by atoms with Gasteiger partial charge in [-0.25, -0.2) is 10.5 Å². The van der Waals surface area contributed by atoms with E-state index in [0.717, 1.165) is 10.0 Å². The van der Waals surface area contributed by atoms with Crippen LogP contribution < -0.4 is 10.2 Å². The van der Waals surface area contributed by atoms with Gasteiger partial charge in [-0.05, 0) is 45.1 Å². The fraction of sp³-hybridized carbons (Fsp3) is 0.333. The number of hydroxylamine groups is 1. The summed E-state index contributed by atoms with van der Waals surface area (Å²) in [5, 5.41) is 0. The van der Waals surface area contributed by atoms with Gasteiger partial charge in [-0.3, -0.25) is 9.83 Å². The molecule has 1 unspecified atom stereocenters. The fourth-order valence-electron chi connectivity index (χ4n) is 2.50. The van der Waals surface area contributed by atoms with Crippen LogP contribution in [-0.4, -0.2) is 24.5 Å². The highest BCUT2D eigenvalue weighted by Crippen LogP contribution is 2.25. The molecular formula is C18H20BrN3O2. The summed E-state index contributed by atoms with van der Waals surface area (Å²) in [5.41, 5.74) is 5.98. The standard InChI is InChI=1S/C18H20BrN3O2/c1-11(2)12-4-6-13(7-5-12)16-10-24-22-17(20-16)15-9-8-14(19)18(21-15)23-3/h4-9,11,16H,10H2,1-3H3,(H,20,22). The molecule has 0 radical (unpaired) electrons.